The fraction of sp³-hybridized carbons (Fsp3) is 0.250. The highest BCUT2D eigenvalue weighted by Crippen LogP contribution is 2.30. The molecule has 2 N–H and O–H groups in total. The van der Waals surface area contributed by atoms with E-state index in [1.54, 1.807) is 25.1 Å². The molecule has 0 aliphatic heterocycles. The van der Waals surface area contributed by atoms with Gasteiger partial charge in [-0.25, -0.2) is 13.6 Å². The summed E-state index contributed by atoms with van der Waals surface area (Å²) in [6.07, 6.45) is 0. The van der Waals surface area contributed by atoms with Gasteiger partial charge in [-0.3, -0.25) is 0 Å². The van der Waals surface area contributed by atoms with E-state index in [1.807, 2.05) is 0 Å². The number of hydrogen-bond donors (Lipinski definition) is 1. The van der Waals surface area contributed by atoms with E-state index in [0.29, 0.717) is 11.1 Å². The fourth-order valence-corrected chi connectivity index (χ4v) is 2.81. The van der Waals surface area contributed by atoms with E-state index in [4.69, 9.17) is 9.88 Å². The molecule has 0 spiro atoms. The number of primary sulfonamides is 1. The van der Waals surface area contributed by atoms with Crippen LogP contribution in [0.4, 0.5) is 0 Å². The molecule has 0 aliphatic carbocycles. The maximum absolute atomic E-state index is 11.2. The number of nitrogens with two attached hydrogens (primary N) is 1. The molecule has 4 nitrogen and oxygen atoms in total. The van der Waals surface area contributed by atoms with Crippen LogP contribution in [-0.4, -0.2) is 15.0 Å². The largest absolute Gasteiger partial charge is 0.492 e. The fourth-order valence-electron chi connectivity index (χ4n) is 1.03. The highest BCUT2D eigenvalue weighted by molar-refractivity contribution is 9.10. The number of ether oxygens (including phenoxy) is 1. The molecule has 0 aliphatic rings. The monoisotopic (exact) mass is 279 g/mol. The summed E-state index contributed by atoms with van der Waals surface area (Å²) < 4.78 is 28.0. The van der Waals surface area contributed by atoms with Gasteiger partial charge < -0.3 is 4.74 Å². The lowest BCUT2D eigenvalue weighted by molar-refractivity contribution is 0.330. The summed E-state index contributed by atoms with van der Waals surface area (Å²) in [7, 11) is -3.76. The summed E-state index contributed by atoms with van der Waals surface area (Å²) in [5.74, 6) is 0.268. The first-order valence-electron chi connectivity index (χ1n) is 3.91. The highest BCUT2D eigenvalue weighted by atomic mass is 79.9. The Morgan fingerprint density at radius 1 is 1.50 bits per heavy atom. The molecular weight excluding hydrogens is 270 g/mol. The lowest BCUT2D eigenvalue weighted by Crippen LogP contribution is -2.14. The molecular formula is C8H10BrNO3S. The Kier molecular flexibility index (Phi) is 3.52. The first kappa shape index (κ1) is 11.5. The maximum atomic E-state index is 11.2. The smallest absolute Gasteiger partial charge is 0.242 e. The molecule has 0 atom stereocenters. The summed E-state index contributed by atoms with van der Waals surface area (Å²) in [4.78, 5) is -0.0122. The van der Waals surface area contributed by atoms with E-state index in [0.717, 1.165) is 0 Å². The van der Waals surface area contributed by atoms with Crippen LogP contribution in [0.1, 0.15) is 6.92 Å². The van der Waals surface area contributed by atoms with Gasteiger partial charge in [-0.1, -0.05) is 6.07 Å². The third kappa shape index (κ3) is 2.46. The molecule has 6 heteroatoms. The third-order valence-corrected chi connectivity index (χ3v) is 3.43. The number of benzene rings is 1. The van der Waals surface area contributed by atoms with E-state index >= 15 is 0 Å². The minimum atomic E-state index is -3.76. The minimum Gasteiger partial charge on any atom is -0.492 e. The van der Waals surface area contributed by atoms with Crippen LogP contribution in [0.2, 0.25) is 0 Å². The zero-order chi connectivity index (χ0) is 10.8. The van der Waals surface area contributed by atoms with E-state index in [9.17, 15) is 8.42 Å². The van der Waals surface area contributed by atoms with Gasteiger partial charge in [-0.15, -0.1) is 0 Å². The second kappa shape index (κ2) is 4.29. The molecule has 1 rings (SSSR count). The lowest BCUT2D eigenvalue weighted by atomic mass is 10.3. The zero-order valence-corrected chi connectivity index (χ0v) is 9.93. The van der Waals surface area contributed by atoms with Gasteiger partial charge in [0.15, 0.2) is 0 Å². The van der Waals surface area contributed by atoms with Gasteiger partial charge in [0.2, 0.25) is 10.0 Å². The van der Waals surface area contributed by atoms with Gasteiger partial charge in [-0.2, -0.15) is 0 Å². The van der Waals surface area contributed by atoms with Crippen LogP contribution >= 0.6 is 15.9 Å². The molecule has 14 heavy (non-hydrogen) atoms. The van der Waals surface area contributed by atoms with Crippen molar-refractivity contribution in [3.63, 3.8) is 0 Å². The third-order valence-electron chi connectivity index (χ3n) is 1.52. The highest BCUT2D eigenvalue weighted by Gasteiger charge is 2.18. The number of hydrogen-bond acceptors (Lipinski definition) is 3. The van der Waals surface area contributed by atoms with Crippen molar-refractivity contribution < 1.29 is 13.2 Å². The van der Waals surface area contributed by atoms with Gasteiger partial charge in [-0.05, 0) is 35.0 Å². The lowest BCUT2D eigenvalue weighted by Gasteiger charge is -2.09. The average Bonchev–Trinajstić information content (AvgIpc) is 2.02. The Bertz CT molecular complexity index is 430. The van der Waals surface area contributed by atoms with Crippen molar-refractivity contribution in [3.8, 4) is 5.75 Å². The van der Waals surface area contributed by atoms with Crippen LogP contribution in [0.5, 0.6) is 5.75 Å². The molecule has 78 valence electrons. The van der Waals surface area contributed by atoms with E-state index in [-0.39, 0.29) is 10.6 Å². The molecule has 0 saturated carbocycles. The molecule has 0 aromatic heterocycles. The van der Waals surface area contributed by atoms with Crippen molar-refractivity contribution in [3.05, 3.63) is 22.7 Å². The molecule has 1 aromatic rings. The first-order chi connectivity index (χ1) is 6.46. The summed E-state index contributed by atoms with van der Waals surface area (Å²) in [5, 5.41) is 5.05. The quantitative estimate of drug-likeness (QED) is 0.912. The Morgan fingerprint density at radius 2 is 2.14 bits per heavy atom. The standard InChI is InChI=1S/C8H10BrNO3S/c1-2-13-7-5-3-4-6(9)8(7)14(10,11)12/h3-5H,2H2,1H3,(H2,10,11,12). The normalized spacial score (nSPS) is 11.4. The minimum absolute atomic E-state index is 0.0122. The summed E-state index contributed by atoms with van der Waals surface area (Å²) in [5.41, 5.74) is 0. The molecule has 0 heterocycles. The Balaban J connectivity index is 3.37. The van der Waals surface area contributed by atoms with Crippen molar-refractivity contribution >= 4 is 26.0 Å². The average molecular weight is 280 g/mol. The van der Waals surface area contributed by atoms with Gasteiger partial charge >= 0.3 is 0 Å². The summed E-state index contributed by atoms with van der Waals surface area (Å²) in [6, 6.07) is 4.85. The molecule has 1 aromatic carbocycles. The predicted octanol–water partition coefficient (Wildman–Crippen LogP) is 1.50. The Labute approximate surface area is 91.2 Å². The van der Waals surface area contributed by atoms with Crippen molar-refractivity contribution in [2.24, 2.45) is 5.14 Å². The van der Waals surface area contributed by atoms with Gasteiger partial charge in [0.05, 0.1) is 6.61 Å². The van der Waals surface area contributed by atoms with Crippen LogP contribution in [0.15, 0.2) is 27.6 Å². The van der Waals surface area contributed by atoms with Crippen molar-refractivity contribution in [1.29, 1.82) is 0 Å². The van der Waals surface area contributed by atoms with Gasteiger partial charge in [0.1, 0.15) is 10.6 Å². The second-order valence-electron chi connectivity index (χ2n) is 2.55. The van der Waals surface area contributed by atoms with Crippen LogP contribution in [0.25, 0.3) is 0 Å². The van der Waals surface area contributed by atoms with E-state index < -0.39 is 10.0 Å². The predicted molar refractivity (Wildman–Crippen MR) is 56.7 cm³/mol. The zero-order valence-electron chi connectivity index (χ0n) is 7.53. The summed E-state index contributed by atoms with van der Waals surface area (Å²) >= 11 is 3.11. The second-order valence-corrected chi connectivity index (χ2v) is 4.90. The van der Waals surface area contributed by atoms with Crippen LogP contribution in [0, 0.1) is 0 Å². The van der Waals surface area contributed by atoms with E-state index in [2.05, 4.69) is 15.9 Å². The van der Waals surface area contributed by atoms with Crippen LogP contribution < -0.4 is 9.88 Å². The molecule has 0 saturated heterocycles. The number of rotatable bonds is 3. The SMILES string of the molecule is CCOc1cccc(Br)c1S(N)(=O)=O. The molecule has 0 unspecified atom stereocenters. The Hall–Kier alpha value is -0.590. The molecule has 0 amide bonds. The van der Waals surface area contributed by atoms with Crippen molar-refractivity contribution in [1.82, 2.24) is 0 Å². The molecule has 0 fully saturated rings. The molecule has 0 bridgehead atoms. The van der Waals surface area contributed by atoms with Crippen molar-refractivity contribution in [2.45, 2.75) is 11.8 Å². The molecule has 0 radical (unpaired) electrons. The van der Waals surface area contributed by atoms with Crippen molar-refractivity contribution in [2.75, 3.05) is 6.61 Å². The summed E-state index contributed by atoms with van der Waals surface area (Å²) in [6.45, 7) is 2.16. The number of halogens is 1. The number of sulfonamides is 1. The van der Waals surface area contributed by atoms with E-state index in [1.165, 1.54) is 0 Å². The topological polar surface area (TPSA) is 69.4 Å². The van der Waals surface area contributed by atoms with Crippen LogP contribution in [-0.2, 0) is 10.0 Å². The Morgan fingerprint density at radius 3 is 2.64 bits per heavy atom. The first-order valence-corrected chi connectivity index (χ1v) is 6.25. The van der Waals surface area contributed by atoms with Crippen LogP contribution in [0.3, 0.4) is 0 Å². The van der Waals surface area contributed by atoms with Gasteiger partial charge in [0, 0.05) is 4.47 Å². The maximum Gasteiger partial charge on any atom is 0.242 e. The van der Waals surface area contributed by atoms with Gasteiger partial charge in [0.25, 0.3) is 0 Å².